The monoisotopic (exact) mass is 286 g/mol. The molecule has 0 radical (unpaired) electrons. The Hall–Kier alpha value is -2.14. The highest BCUT2D eigenvalue weighted by Gasteiger charge is 2.04. The number of nitrogens with zero attached hydrogens (tertiary/aromatic N) is 2. The number of aryl methyl sites for hydroxylation is 3. The fraction of sp³-hybridized carbons (Fsp3) is 0.375. The maximum Gasteiger partial charge on any atom is 0.229 e. The second-order valence-corrected chi connectivity index (χ2v) is 5.08. The number of methoxy groups -OCH3 is 1. The summed E-state index contributed by atoms with van der Waals surface area (Å²) >= 11 is 0. The van der Waals surface area contributed by atoms with Crippen LogP contribution in [0.5, 0.6) is 0 Å². The summed E-state index contributed by atoms with van der Waals surface area (Å²) in [5, 5.41) is 6.50. The van der Waals surface area contributed by atoms with Crippen molar-refractivity contribution in [1.29, 1.82) is 0 Å². The Morgan fingerprint density at radius 1 is 1.10 bits per heavy atom. The van der Waals surface area contributed by atoms with Gasteiger partial charge in [0.15, 0.2) is 0 Å². The fourth-order valence-corrected chi connectivity index (χ4v) is 2.07. The first-order valence-corrected chi connectivity index (χ1v) is 7.01. The summed E-state index contributed by atoms with van der Waals surface area (Å²) in [6, 6.07) is 8.18. The molecule has 0 aliphatic rings. The van der Waals surface area contributed by atoms with Crippen LogP contribution in [0.2, 0.25) is 0 Å². The van der Waals surface area contributed by atoms with Gasteiger partial charge in [-0.25, -0.2) is 4.98 Å². The van der Waals surface area contributed by atoms with Crippen molar-refractivity contribution in [2.75, 3.05) is 30.9 Å². The third-order valence-electron chi connectivity index (χ3n) is 3.09. The molecule has 0 aliphatic heterocycles. The minimum Gasteiger partial charge on any atom is -0.383 e. The van der Waals surface area contributed by atoms with Gasteiger partial charge in [-0.1, -0.05) is 17.7 Å². The molecule has 0 saturated heterocycles. The van der Waals surface area contributed by atoms with Crippen molar-refractivity contribution >= 4 is 17.5 Å². The second kappa shape index (κ2) is 7.04. The van der Waals surface area contributed by atoms with Crippen LogP contribution in [0, 0.1) is 20.8 Å². The van der Waals surface area contributed by atoms with E-state index in [-0.39, 0.29) is 0 Å². The van der Waals surface area contributed by atoms with Gasteiger partial charge in [0.05, 0.1) is 6.61 Å². The first-order valence-electron chi connectivity index (χ1n) is 7.01. The molecule has 0 spiro atoms. The Morgan fingerprint density at radius 3 is 2.62 bits per heavy atom. The molecule has 0 atom stereocenters. The number of hydrogen-bond donors (Lipinski definition) is 2. The lowest BCUT2D eigenvalue weighted by Gasteiger charge is -2.11. The highest BCUT2D eigenvalue weighted by Crippen LogP contribution is 2.20. The van der Waals surface area contributed by atoms with Crippen molar-refractivity contribution in [2.24, 2.45) is 0 Å². The molecule has 5 nitrogen and oxygen atoms in total. The summed E-state index contributed by atoms with van der Waals surface area (Å²) < 4.78 is 5.03. The Kier molecular flexibility index (Phi) is 5.11. The molecule has 1 aromatic carbocycles. The highest BCUT2D eigenvalue weighted by atomic mass is 16.5. The van der Waals surface area contributed by atoms with Gasteiger partial charge in [-0.3, -0.25) is 0 Å². The summed E-state index contributed by atoms with van der Waals surface area (Å²) in [7, 11) is 1.68. The summed E-state index contributed by atoms with van der Waals surface area (Å²) in [4.78, 5) is 8.90. The maximum atomic E-state index is 5.03. The number of aromatic nitrogens is 2. The number of ether oxygens (including phenoxy) is 1. The zero-order chi connectivity index (χ0) is 15.2. The largest absolute Gasteiger partial charge is 0.383 e. The predicted octanol–water partition coefficient (Wildman–Crippen LogP) is 3.20. The SMILES string of the molecule is COCCNc1cc(C)nc(Nc2ccc(C)cc2C)n1. The molecule has 0 aliphatic carbocycles. The molecule has 1 aromatic heterocycles. The first-order chi connectivity index (χ1) is 10.1. The fourth-order valence-electron chi connectivity index (χ4n) is 2.07. The van der Waals surface area contributed by atoms with E-state index in [0.29, 0.717) is 12.6 Å². The van der Waals surface area contributed by atoms with Crippen LogP contribution in [-0.2, 0) is 4.74 Å². The molecular weight excluding hydrogens is 264 g/mol. The van der Waals surface area contributed by atoms with E-state index in [1.54, 1.807) is 7.11 Å². The number of rotatable bonds is 6. The average molecular weight is 286 g/mol. The standard InChI is InChI=1S/C16H22N4O/c1-11-5-6-14(12(2)9-11)19-16-18-13(3)10-15(20-16)17-7-8-21-4/h5-6,9-10H,7-8H2,1-4H3,(H2,17,18,19,20). The van der Waals surface area contributed by atoms with Crippen molar-refractivity contribution in [1.82, 2.24) is 9.97 Å². The van der Waals surface area contributed by atoms with Gasteiger partial charge in [-0.05, 0) is 32.4 Å². The third-order valence-corrected chi connectivity index (χ3v) is 3.09. The third kappa shape index (κ3) is 4.43. The Morgan fingerprint density at radius 2 is 1.90 bits per heavy atom. The number of benzene rings is 1. The van der Waals surface area contributed by atoms with E-state index in [4.69, 9.17) is 4.74 Å². The molecule has 1 heterocycles. The Bertz CT molecular complexity index is 613. The lowest BCUT2D eigenvalue weighted by molar-refractivity contribution is 0.210. The number of nitrogens with one attached hydrogen (secondary N) is 2. The van der Waals surface area contributed by atoms with E-state index in [1.807, 2.05) is 19.1 Å². The van der Waals surface area contributed by atoms with Crippen molar-refractivity contribution in [3.63, 3.8) is 0 Å². The van der Waals surface area contributed by atoms with Crippen LogP contribution < -0.4 is 10.6 Å². The summed E-state index contributed by atoms with van der Waals surface area (Å²) in [6.45, 7) is 7.47. The van der Waals surface area contributed by atoms with E-state index >= 15 is 0 Å². The van der Waals surface area contributed by atoms with Crippen LogP contribution in [0.4, 0.5) is 17.5 Å². The minimum absolute atomic E-state index is 0.599. The minimum atomic E-state index is 0.599. The summed E-state index contributed by atoms with van der Waals surface area (Å²) in [6.07, 6.45) is 0. The van der Waals surface area contributed by atoms with E-state index in [9.17, 15) is 0 Å². The van der Waals surface area contributed by atoms with Crippen molar-refractivity contribution in [3.8, 4) is 0 Å². The van der Waals surface area contributed by atoms with Gasteiger partial charge in [0, 0.05) is 31.1 Å². The number of anilines is 3. The van der Waals surface area contributed by atoms with Gasteiger partial charge >= 0.3 is 0 Å². The van der Waals surface area contributed by atoms with E-state index in [0.717, 1.165) is 23.7 Å². The predicted molar refractivity (Wildman–Crippen MR) is 86.3 cm³/mol. The Balaban J connectivity index is 2.15. The van der Waals surface area contributed by atoms with Gasteiger partial charge in [-0.2, -0.15) is 4.98 Å². The molecule has 2 N–H and O–H groups in total. The summed E-state index contributed by atoms with van der Waals surface area (Å²) in [5.74, 6) is 1.40. The zero-order valence-corrected chi connectivity index (χ0v) is 13.0. The van der Waals surface area contributed by atoms with Crippen LogP contribution in [0.3, 0.4) is 0 Å². The molecule has 2 aromatic rings. The first kappa shape index (κ1) is 15.3. The Labute approximate surface area is 125 Å². The van der Waals surface area contributed by atoms with Crippen LogP contribution in [-0.4, -0.2) is 30.2 Å². The number of hydrogen-bond acceptors (Lipinski definition) is 5. The van der Waals surface area contributed by atoms with Crippen molar-refractivity contribution < 1.29 is 4.74 Å². The zero-order valence-electron chi connectivity index (χ0n) is 13.0. The molecule has 2 rings (SSSR count). The van der Waals surface area contributed by atoms with Gasteiger partial charge in [0.1, 0.15) is 5.82 Å². The molecule has 0 bridgehead atoms. The van der Waals surface area contributed by atoms with Crippen molar-refractivity contribution in [2.45, 2.75) is 20.8 Å². The molecule has 0 fully saturated rings. The highest BCUT2D eigenvalue weighted by molar-refractivity contribution is 5.60. The smallest absolute Gasteiger partial charge is 0.229 e. The summed E-state index contributed by atoms with van der Waals surface area (Å²) in [5.41, 5.74) is 4.35. The molecule has 21 heavy (non-hydrogen) atoms. The molecular formula is C16H22N4O. The molecule has 0 amide bonds. The van der Waals surface area contributed by atoms with Crippen LogP contribution >= 0.6 is 0 Å². The quantitative estimate of drug-likeness (QED) is 0.799. The van der Waals surface area contributed by atoms with E-state index in [1.165, 1.54) is 11.1 Å². The normalized spacial score (nSPS) is 10.5. The van der Waals surface area contributed by atoms with Crippen LogP contribution in [0.15, 0.2) is 24.3 Å². The molecule has 0 unspecified atom stereocenters. The van der Waals surface area contributed by atoms with Gasteiger partial charge in [0.2, 0.25) is 5.95 Å². The molecule has 112 valence electrons. The second-order valence-electron chi connectivity index (χ2n) is 5.08. The molecule has 0 saturated carbocycles. The van der Waals surface area contributed by atoms with Crippen LogP contribution in [0.25, 0.3) is 0 Å². The maximum absolute atomic E-state index is 5.03. The van der Waals surface area contributed by atoms with E-state index in [2.05, 4.69) is 46.6 Å². The lowest BCUT2D eigenvalue weighted by atomic mass is 10.1. The van der Waals surface area contributed by atoms with Gasteiger partial charge in [-0.15, -0.1) is 0 Å². The molecule has 5 heteroatoms. The van der Waals surface area contributed by atoms with Gasteiger partial charge in [0.25, 0.3) is 0 Å². The van der Waals surface area contributed by atoms with Crippen molar-refractivity contribution in [3.05, 3.63) is 41.1 Å². The van der Waals surface area contributed by atoms with E-state index < -0.39 is 0 Å². The van der Waals surface area contributed by atoms with Gasteiger partial charge < -0.3 is 15.4 Å². The topological polar surface area (TPSA) is 59.1 Å². The average Bonchev–Trinajstić information content (AvgIpc) is 2.42. The van der Waals surface area contributed by atoms with Crippen LogP contribution in [0.1, 0.15) is 16.8 Å². The lowest BCUT2D eigenvalue weighted by Crippen LogP contribution is -2.10.